The molecular formula is C19H25NO. The second-order valence-corrected chi connectivity index (χ2v) is 5.36. The summed E-state index contributed by atoms with van der Waals surface area (Å²) in [5, 5.41) is 10.8. The van der Waals surface area contributed by atoms with E-state index in [1.165, 1.54) is 5.56 Å². The van der Waals surface area contributed by atoms with Gasteiger partial charge in [-0.2, -0.15) is 0 Å². The summed E-state index contributed by atoms with van der Waals surface area (Å²) in [5.74, 6) is 0.0912. The second kappa shape index (κ2) is 7.96. The summed E-state index contributed by atoms with van der Waals surface area (Å²) in [4.78, 5) is 2.36. The van der Waals surface area contributed by atoms with Gasteiger partial charge >= 0.3 is 0 Å². The molecule has 0 aliphatic heterocycles. The molecule has 1 N–H and O–H groups in total. The minimum atomic E-state index is -0.478. The zero-order valence-corrected chi connectivity index (χ0v) is 12.9. The van der Waals surface area contributed by atoms with Crippen LogP contribution in [0.5, 0.6) is 0 Å². The highest BCUT2D eigenvalue weighted by molar-refractivity contribution is 5.27. The maximum Gasteiger partial charge on any atom is 0.0870 e. The quantitative estimate of drug-likeness (QED) is 0.834. The van der Waals surface area contributed by atoms with Gasteiger partial charge in [0.15, 0.2) is 0 Å². The van der Waals surface area contributed by atoms with Gasteiger partial charge in [0.2, 0.25) is 0 Å². The summed E-state index contributed by atoms with van der Waals surface area (Å²) >= 11 is 0. The molecule has 2 heteroatoms. The molecule has 2 aromatic carbocycles. The van der Waals surface area contributed by atoms with Gasteiger partial charge in [0.05, 0.1) is 6.10 Å². The highest BCUT2D eigenvalue weighted by atomic mass is 16.3. The molecule has 0 spiro atoms. The Bertz CT molecular complexity index is 508. The number of hydrogen-bond donors (Lipinski definition) is 1. The third-order valence-corrected chi connectivity index (χ3v) is 4.10. The van der Waals surface area contributed by atoms with Crippen LogP contribution in [0.25, 0.3) is 0 Å². The summed E-state index contributed by atoms with van der Waals surface area (Å²) in [7, 11) is 0. The fourth-order valence-corrected chi connectivity index (χ4v) is 2.73. The SMILES string of the molecule is CCN(CC)CC(c1ccccc1)C(O)c1ccccc1. The molecule has 0 fully saturated rings. The van der Waals surface area contributed by atoms with Gasteiger partial charge < -0.3 is 10.0 Å². The summed E-state index contributed by atoms with van der Waals surface area (Å²) < 4.78 is 0. The topological polar surface area (TPSA) is 23.5 Å². The molecule has 2 nitrogen and oxygen atoms in total. The van der Waals surface area contributed by atoms with E-state index in [9.17, 15) is 5.11 Å². The smallest absolute Gasteiger partial charge is 0.0870 e. The third-order valence-electron chi connectivity index (χ3n) is 4.10. The molecule has 0 aromatic heterocycles. The fraction of sp³-hybridized carbons (Fsp3) is 0.368. The van der Waals surface area contributed by atoms with Crippen LogP contribution in [0.3, 0.4) is 0 Å². The predicted octanol–water partition coefficient (Wildman–Crippen LogP) is 3.85. The highest BCUT2D eigenvalue weighted by Crippen LogP contribution is 2.31. The van der Waals surface area contributed by atoms with Gasteiger partial charge in [-0.15, -0.1) is 0 Å². The van der Waals surface area contributed by atoms with Gasteiger partial charge in [-0.1, -0.05) is 74.5 Å². The van der Waals surface area contributed by atoms with Crippen molar-refractivity contribution in [3.63, 3.8) is 0 Å². The molecule has 21 heavy (non-hydrogen) atoms. The minimum absolute atomic E-state index is 0.0912. The number of nitrogens with zero attached hydrogens (tertiary/aromatic N) is 1. The molecule has 0 radical (unpaired) electrons. The third kappa shape index (κ3) is 4.16. The lowest BCUT2D eigenvalue weighted by molar-refractivity contribution is 0.119. The number of aliphatic hydroxyl groups is 1. The lowest BCUT2D eigenvalue weighted by atomic mass is 9.88. The van der Waals surface area contributed by atoms with Crippen molar-refractivity contribution in [3.05, 3.63) is 71.8 Å². The van der Waals surface area contributed by atoms with Crippen molar-refractivity contribution >= 4 is 0 Å². The van der Waals surface area contributed by atoms with Crippen LogP contribution in [0.4, 0.5) is 0 Å². The molecule has 2 unspecified atom stereocenters. The molecule has 2 rings (SSSR count). The van der Waals surface area contributed by atoms with Gasteiger partial charge in [-0.05, 0) is 24.2 Å². The molecular weight excluding hydrogens is 258 g/mol. The van der Waals surface area contributed by atoms with E-state index in [0.29, 0.717) is 0 Å². The normalized spacial score (nSPS) is 14.1. The first-order valence-electron chi connectivity index (χ1n) is 7.76. The molecule has 0 aliphatic carbocycles. The lowest BCUT2D eigenvalue weighted by Gasteiger charge is -2.29. The zero-order valence-electron chi connectivity index (χ0n) is 12.9. The van der Waals surface area contributed by atoms with Gasteiger partial charge in [0.1, 0.15) is 0 Å². The maximum absolute atomic E-state index is 10.8. The molecule has 112 valence electrons. The average Bonchev–Trinajstić information content (AvgIpc) is 2.57. The summed E-state index contributed by atoms with van der Waals surface area (Å²) in [5.41, 5.74) is 2.18. The molecule has 0 saturated heterocycles. The molecule has 0 saturated carbocycles. The van der Waals surface area contributed by atoms with Crippen LogP contribution >= 0.6 is 0 Å². The van der Waals surface area contributed by atoms with Gasteiger partial charge in [0, 0.05) is 12.5 Å². The first kappa shape index (κ1) is 15.7. The van der Waals surface area contributed by atoms with Gasteiger partial charge in [-0.25, -0.2) is 0 Å². The first-order chi connectivity index (χ1) is 10.3. The Kier molecular flexibility index (Phi) is 5.97. The number of rotatable bonds is 7. The second-order valence-electron chi connectivity index (χ2n) is 5.36. The van der Waals surface area contributed by atoms with Crippen LogP contribution in [0.2, 0.25) is 0 Å². The van der Waals surface area contributed by atoms with E-state index in [4.69, 9.17) is 0 Å². The highest BCUT2D eigenvalue weighted by Gasteiger charge is 2.24. The molecule has 0 heterocycles. The number of aliphatic hydroxyl groups excluding tert-OH is 1. The Morgan fingerprint density at radius 2 is 1.29 bits per heavy atom. The van der Waals surface area contributed by atoms with Crippen molar-refractivity contribution < 1.29 is 5.11 Å². The van der Waals surface area contributed by atoms with E-state index in [2.05, 4.69) is 30.9 Å². The Hall–Kier alpha value is -1.64. The standard InChI is InChI=1S/C19H25NO/c1-3-20(4-2)15-18(16-11-7-5-8-12-16)19(21)17-13-9-6-10-14-17/h5-14,18-19,21H,3-4,15H2,1-2H3. The molecule has 0 amide bonds. The van der Waals surface area contributed by atoms with Crippen LogP contribution < -0.4 is 0 Å². The van der Waals surface area contributed by atoms with E-state index < -0.39 is 6.10 Å². The zero-order chi connectivity index (χ0) is 15.1. The van der Waals surface area contributed by atoms with Crippen molar-refractivity contribution in [2.45, 2.75) is 25.9 Å². The van der Waals surface area contributed by atoms with Crippen LogP contribution in [0, 0.1) is 0 Å². The molecule has 2 atom stereocenters. The van der Waals surface area contributed by atoms with Crippen molar-refractivity contribution in [3.8, 4) is 0 Å². The Balaban J connectivity index is 2.27. The Morgan fingerprint density at radius 1 is 0.810 bits per heavy atom. The van der Waals surface area contributed by atoms with Crippen molar-refractivity contribution in [1.82, 2.24) is 4.90 Å². The molecule has 0 bridgehead atoms. The largest absolute Gasteiger partial charge is 0.388 e. The lowest BCUT2D eigenvalue weighted by Crippen LogP contribution is -2.31. The first-order valence-corrected chi connectivity index (χ1v) is 7.76. The van der Waals surface area contributed by atoms with E-state index in [0.717, 1.165) is 25.2 Å². The Morgan fingerprint density at radius 3 is 1.76 bits per heavy atom. The van der Waals surface area contributed by atoms with Gasteiger partial charge in [0.25, 0.3) is 0 Å². The minimum Gasteiger partial charge on any atom is -0.388 e. The predicted molar refractivity (Wildman–Crippen MR) is 88.4 cm³/mol. The van der Waals surface area contributed by atoms with E-state index in [1.807, 2.05) is 48.5 Å². The molecule has 2 aromatic rings. The Labute approximate surface area is 128 Å². The van der Waals surface area contributed by atoms with Crippen molar-refractivity contribution in [1.29, 1.82) is 0 Å². The van der Waals surface area contributed by atoms with E-state index in [1.54, 1.807) is 0 Å². The van der Waals surface area contributed by atoms with Crippen LogP contribution in [-0.4, -0.2) is 29.6 Å². The summed E-state index contributed by atoms with van der Waals surface area (Å²) in [6.45, 7) is 7.21. The van der Waals surface area contributed by atoms with Crippen LogP contribution in [-0.2, 0) is 0 Å². The van der Waals surface area contributed by atoms with E-state index in [-0.39, 0.29) is 5.92 Å². The number of benzene rings is 2. The van der Waals surface area contributed by atoms with E-state index >= 15 is 0 Å². The monoisotopic (exact) mass is 283 g/mol. The van der Waals surface area contributed by atoms with Crippen LogP contribution in [0.1, 0.15) is 37.0 Å². The van der Waals surface area contributed by atoms with Crippen molar-refractivity contribution in [2.24, 2.45) is 0 Å². The summed E-state index contributed by atoms with van der Waals surface area (Å²) in [6, 6.07) is 20.3. The number of hydrogen-bond acceptors (Lipinski definition) is 2. The summed E-state index contributed by atoms with van der Waals surface area (Å²) in [6.07, 6.45) is -0.478. The van der Waals surface area contributed by atoms with Gasteiger partial charge in [-0.3, -0.25) is 0 Å². The molecule has 0 aliphatic rings. The average molecular weight is 283 g/mol. The van der Waals surface area contributed by atoms with Crippen molar-refractivity contribution in [2.75, 3.05) is 19.6 Å². The van der Waals surface area contributed by atoms with Crippen LogP contribution in [0.15, 0.2) is 60.7 Å². The fourth-order valence-electron chi connectivity index (χ4n) is 2.73. The maximum atomic E-state index is 10.8. The number of likely N-dealkylation sites (N-methyl/N-ethyl adjacent to an activating group) is 1.